The third-order valence-corrected chi connectivity index (χ3v) is 5.20. The molecule has 0 bridgehead atoms. The van der Waals surface area contributed by atoms with E-state index in [1.807, 2.05) is 0 Å². The van der Waals surface area contributed by atoms with Crippen LogP contribution in [-0.2, 0) is 16.9 Å². The smallest absolute Gasteiger partial charge is 0.354 e. The predicted octanol–water partition coefficient (Wildman–Crippen LogP) is 4.45. The Labute approximate surface area is 176 Å². The molecule has 0 saturated carbocycles. The van der Waals surface area contributed by atoms with Gasteiger partial charge in [-0.1, -0.05) is 0 Å². The first-order chi connectivity index (χ1) is 15.2. The van der Waals surface area contributed by atoms with Gasteiger partial charge in [0.05, 0.1) is 37.1 Å². The molecule has 1 aliphatic rings. The average Bonchev–Trinajstić information content (AvgIpc) is 3.29. The minimum absolute atomic E-state index is 0.0900. The zero-order valence-electron chi connectivity index (χ0n) is 16.0. The van der Waals surface area contributed by atoms with Crippen LogP contribution in [0.25, 0.3) is 28.3 Å². The number of alkyl halides is 5. The molecule has 12 heteroatoms. The van der Waals surface area contributed by atoms with Crippen molar-refractivity contribution in [2.75, 3.05) is 6.61 Å². The maximum atomic E-state index is 13.6. The van der Waals surface area contributed by atoms with E-state index in [1.54, 1.807) is 0 Å². The van der Waals surface area contributed by atoms with Crippen LogP contribution in [0.2, 0.25) is 0 Å². The van der Waals surface area contributed by atoms with Crippen LogP contribution in [0.5, 0.6) is 0 Å². The number of ether oxygens (including phenoxy) is 1. The van der Waals surface area contributed by atoms with Crippen LogP contribution in [0.4, 0.5) is 26.3 Å². The molecule has 1 atom stereocenters. The van der Waals surface area contributed by atoms with Gasteiger partial charge in [-0.15, -0.1) is 0 Å². The molecule has 1 aliphatic heterocycles. The lowest BCUT2D eigenvalue weighted by Crippen LogP contribution is -2.32. The standard InChI is InChI=1S/C20H13F6N5O/c21-12-3-1-11(2-4-12)17-18(30(10-28-17)8-15(22)23)13-5-6-16-27-7-14(31(16)29-13)19(9-32-19)20(24,25)26/h1-7,10,15H,8-9H2. The fourth-order valence-corrected chi connectivity index (χ4v) is 3.56. The van der Waals surface area contributed by atoms with E-state index in [0.717, 1.165) is 15.3 Å². The van der Waals surface area contributed by atoms with Gasteiger partial charge in [0.1, 0.15) is 17.2 Å². The van der Waals surface area contributed by atoms with Gasteiger partial charge < -0.3 is 9.30 Å². The highest BCUT2D eigenvalue weighted by Gasteiger charge is 2.69. The van der Waals surface area contributed by atoms with Crippen molar-refractivity contribution >= 4 is 5.65 Å². The number of fused-ring (bicyclic) bond motifs is 1. The Morgan fingerprint density at radius 1 is 1.06 bits per heavy atom. The number of aromatic nitrogens is 5. The first-order valence-electron chi connectivity index (χ1n) is 9.35. The highest BCUT2D eigenvalue weighted by molar-refractivity contribution is 5.77. The van der Waals surface area contributed by atoms with Crippen molar-refractivity contribution in [2.45, 2.75) is 24.7 Å². The molecule has 0 aliphatic carbocycles. The lowest BCUT2D eigenvalue weighted by molar-refractivity contribution is -0.188. The van der Waals surface area contributed by atoms with Crippen LogP contribution < -0.4 is 0 Å². The van der Waals surface area contributed by atoms with Gasteiger partial charge in [0, 0.05) is 5.56 Å². The van der Waals surface area contributed by atoms with Crippen molar-refractivity contribution in [1.82, 2.24) is 24.1 Å². The normalized spacial score (nSPS) is 18.6. The largest absolute Gasteiger partial charge is 0.425 e. The first-order valence-corrected chi connectivity index (χ1v) is 9.35. The van der Waals surface area contributed by atoms with E-state index in [-0.39, 0.29) is 28.4 Å². The molecule has 4 heterocycles. The maximum Gasteiger partial charge on any atom is 0.425 e. The number of nitrogens with zero attached hydrogens (tertiary/aromatic N) is 5. The van der Waals surface area contributed by atoms with Crippen molar-refractivity contribution in [3.63, 3.8) is 0 Å². The summed E-state index contributed by atoms with van der Waals surface area (Å²) < 4.78 is 87.3. The average molecular weight is 453 g/mol. The van der Waals surface area contributed by atoms with E-state index in [2.05, 4.69) is 15.1 Å². The van der Waals surface area contributed by atoms with Crippen molar-refractivity contribution < 1.29 is 31.1 Å². The van der Waals surface area contributed by atoms with Gasteiger partial charge in [-0.25, -0.2) is 27.7 Å². The second-order valence-corrected chi connectivity index (χ2v) is 7.24. The van der Waals surface area contributed by atoms with E-state index < -0.39 is 37.2 Å². The van der Waals surface area contributed by atoms with Crippen LogP contribution in [0.1, 0.15) is 5.69 Å². The Balaban J connectivity index is 1.69. The van der Waals surface area contributed by atoms with Crippen molar-refractivity contribution in [1.29, 1.82) is 0 Å². The zero-order valence-corrected chi connectivity index (χ0v) is 16.0. The zero-order chi connectivity index (χ0) is 22.7. The summed E-state index contributed by atoms with van der Waals surface area (Å²) in [5.74, 6) is -0.494. The van der Waals surface area contributed by atoms with Crippen LogP contribution in [0.15, 0.2) is 48.9 Å². The fraction of sp³-hybridized carbons (Fsp3) is 0.250. The number of rotatable bonds is 5. The number of hydrogen-bond donors (Lipinski definition) is 0. The summed E-state index contributed by atoms with van der Waals surface area (Å²) in [6, 6.07) is 8.09. The third-order valence-electron chi connectivity index (χ3n) is 5.20. The number of epoxide rings is 1. The van der Waals surface area contributed by atoms with Crippen LogP contribution in [0.3, 0.4) is 0 Å². The molecule has 1 saturated heterocycles. The molecule has 0 amide bonds. The van der Waals surface area contributed by atoms with Gasteiger partial charge in [0.15, 0.2) is 5.65 Å². The predicted molar refractivity (Wildman–Crippen MR) is 99.3 cm³/mol. The van der Waals surface area contributed by atoms with E-state index in [9.17, 15) is 26.3 Å². The summed E-state index contributed by atoms with van der Waals surface area (Å²) in [6.07, 6.45) is -5.19. The molecule has 0 N–H and O–H groups in total. The van der Waals surface area contributed by atoms with E-state index in [4.69, 9.17) is 4.74 Å². The van der Waals surface area contributed by atoms with Gasteiger partial charge in [-0.05, 0) is 36.4 Å². The summed E-state index contributed by atoms with van der Waals surface area (Å²) in [7, 11) is 0. The highest BCUT2D eigenvalue weighted by Crippen LogP contribution is 2.51. The van der Waals surface area contributed by atoms with Gasteiger partial charge in [-0.2, -0.15) is 18.3 Å². The molecule has 1 unspecified atom stereocenters. The molecule has 6 nitrogen and oxygen atoms in total. The summed E-state index contributed by atoms with van der Waals surface area (Å²) >= 11 is 0. The Morgan fingerprint density at radius 2 is 1.78 bits per heavy atom. The Morgan fingerprint density at radius 3 is 2.41 bits per heavy atom. The van der Waals surface area contributed by atoms with Crippen molar-refractivity contribution in [2.24, 2.45) is 0 Å². The molecular formula is C20H13F6N5O. The molecule has 1 fully saturated rings. The Hall–Kier alpha value is -3.41. The number of imidazole rings is 2. The maximum absolute atomic E-state index is 13.6. The fourth-order valence-electron chi connectivity index (χ4n) is 3.56. The van der Waals surface area contributed by atoms with E-state index in [0.29, 0.717) is 5.56 Å². The molecule has 0 radical (unpaired) electrons. The Bertz CT molecular complexity index is 1290. The van der Waals surface area contributed by atoms with Gasteiger partial charge in [0.2, 0.25) is 5.60 Å². The number of halogens is 6. The van der Waals surface area contributed by atoms with Crippen LogP contribution >= 0.6 is 0 Å². The highest BCUT2D eigenvalue weighted by atomic mass is 19.4. The second kappa shape index (κ2) is 7.05. The molecule has 3 aromatic heterocycles. The van der Waals surface area contributed by atoms with Crippen molar-refractivity contribution in [3.8, 4) is 22.6 Å². The SMILES string of the molecule is Fc1ccc(-c2ncn(CC(F)F)c2-c2ccc3ncc(C4(C(F)(F)F)CO4)n3n2)cc1. The monoisotopic (exact) mass is 453 g/mol. The minimum Gasteiger partial charge on any atom is -0.354 e. The van der Waals surface area contributed by atoms with Gasteiger partial charge in [-0.3, -0.25) is 0 Å². The van der Waals surface area contributed by atoms with E-state index >= 15 is 0 Å². The molecule has 32 heavy (non-hydrogen) atoms. The molecule has 5 rings (SSSR count). The summed E-state index contributed by atoms with van der Waals surface area (Å²) in [4.78, 5) is 8.13. The Kier molecular flexibility index (Phi) is 4.52. The van der Waals surface area contributed by atoms with Crippen LogP contribution in [-0.4, -0.2) is 43.4 Å². The van der Waals surface area contributed by atoms with Crippen molar-refractivity contribution in [3.05, 3.63) is 60.4 Å². The quantitative estimate of drug-likeness (QED) is 0.331. The molecule has 4 aromatic rings. The summed E-state index contributed by atoms with van der Waals surface area (Å²) in [6.45, 7) is -1.28. The lowest BCUT2D eigenvalue weighted by atomic mass is 10.1. The number of hydrogen-bond acceptors (Lipinski definition) is 4. The van der Waals surface area contributed by atoms with E-state index in [1.165, 1.54) is 42.7 Å². The molecule has 1 aromatic carbocycles. The van der Waals surface area contributed by atoms with Crippen LogP contribution in [0, 0.1) is 5.82 Å². The first kappa shape index (κ1) is 20.5. The summed E-state index contributed by atoms with van der Waals surface area (Å²) in [5, 5.41) is 4.26. The molecule has 166 valence electrons. The number of benzene rings is 1. The molecular weight excluding hydrogens is 440 g/mol. The summed E-state index contributed by atoms with van der Waals surface area (Å²) in [5.41, 5.74) is -1.80. The molecule has 0 spiro atoms. The van der Waals surface area contributed by atoms with Gasteiger partial charge >= 0.3 is 6.18 Å². The third kappa shape index (κ3) is 3.22. The second-order valence-electron chi connectivity index (χ2n) is 7.24. The topological polar surface area (TPSA) is 60.5 Å². The minimum atomic E-state index is -4.68. The lowest BCUT2D eigenvalue weighted by Gasteiger charge is -2.15. The van der Waals surface area contributed by atoms with Gasteiger partial charge in [0.25, 0.3) is 6.43 Å².